The first-order valence-electron chi connectivity index (χ1n) is 7.64. The second-order valence-electron chi connectivity index (χ2n) is 5.62. The molecular weight excluding hydrogens is 392 g/mol. The van der Waals surface area contributed by atoms with Gasteiger partial charge in [-0.05, 0) is 42.3 Å². The summed E-state index contributed by atoms with van der Waals surface area (Å²) in [7, 11) is 0. The van der Waals surface area contributed by atoms with Gasteiger partial charge in [-0.2, -0.15) is 0 Å². The SMILES string of the molecule is O=C(NCc1ccccc1Br)[C@@H]1CCN(c2ccc(Cl)cc2)C1=O. The van der Waals surface area contributed by atoms with Crippen LogP contribution in [0.15, 0.2) is 53.0 Å². The molecule has 1 saturated heterocycles. The third-order valence-corrected chi connectivity index (χ3v) is 5.10. The highest BCUT2D eigenvalue weighted by Gasteiger charge is 2.37. The van der Waals surface area contributed by atoms with Gasteiger partial charge in [-0.25, -0.2) is 0 Å². The van der Waals surface area contributed by atoms with Gasteiger partial charge in [-0.15, -0.1) is 0 Å². The van der Waals surface area contributed by atoms with Crippen molar-refractivity contribution in [2.45, 2.75) is 13.0 Å². The summed E-state index contributed by atoms with van der Waals surface area (Å²) in [5, 5.41) is 3.47. The zero-order valence-electron chi connectivity index (χ0n) is 12.8. The fourth-order valence-electron chi connectivity index (χ4n) is 2.75. The molecular formula is C18H16BrClN2O2. The Morgan fingerprint density at radius 2 is 1.92 bits per heavy atom. The number of carbonyl (C=O) groups is 2. The number of hydrogen-bond donors (Lipinski definition) is 1. The van der Waals surface area contributed by atoms with E-state index in [1.165, 1.54) is 0 Å². The summed E-state index contributed by atoms with van der Waals surface area (Å²) < 4.78 is 0.936. The summed E-state index contributed by atoms with van der Waals surface area (Å²) in [6.07, 6.45) is 0.517. The Bertz CT molecular complexity index is 764. The predicted octanol–water partition coefficient (Wildman–Crippen LogP) is 3.77. The minimum absolute atomic E-state index is 0.165. The molecule has 0 unspecified atom stereocenters. The molecule has 0 aromatic heterocycles. The highest BCUT2D eigenvalue weighted by atomic mass is 79.9. The standard InChI is InChI=1S/C18H16BrClN2O2/c19-16-4-2-1-3-12(16)11-21-17(23)15-9-10-22(18(15)24)14-7-5-13(20)6-8-14/h1-8,15H,9-11H2,(H,21,23)/t15-/m0/s1. The fraction of sp³-hybridized carbons (Fsp3) is 0.222. The molecule has 2 aromatic rings. The predicted molar refractivity (Wildman–Crippen MR) is 97.9 cm³/mol. The fourth-order valence-corrected chi connectivity index (χ4v) is 3.30. The Labute approximate surface area is 153 Å². The van der Waals surface area contributed by atoms with Gasteiger partial charge in [0.25, 0.3) is 0 Å². The zero-order valence-corrected chi connectivity index (χ0v) is 15.2. The summed E-state index contributed by atoms with van der Waals surface area (Å²) >= 11 is 9.33. The van der Waals surface area contributed by atoms with Crippen LogP contribution in [0.1, 0.15) is 12.0 Å². The lowest BCUT2D eigenvalue weighted by Gasteiger charge is -2.17. The minimum atomic E-state index is -0.636. The zero-order chi connectivity index (χ0) is 17.1. The molecule has 3 rings (SSSR count). The van der Waals surface area contributed by atoms with Crippen LogP contribution in [-0.2, 0) is 16.1 Å². The number of halogens is 2. The second kappa shape index (κ2) is 7.36. The maximum Gasteiger partial charge on any atom is 0.239 e. The lowest BCUT2D eigenvalue weighted by Crippen LogP contribution is -2.36. The smallest absolute Gasteiger partial charge is 0.239 e. The van der Waals surface area contributed by atoms with Crippen molar-refractivity contribution in [3.05, 3.63) is 63.6 Å². The number of anilines is 1. The van der Waals surface area contributed by atoms with Crippen LogP contribution in [0.3, 0.4) is 0 Å². The molecule has 1 heterocycles. The number of hydrogen-bond acceptors (Lipinski definition) is 2. The Kier molecular flexibility index (Phi) is 5.21. The van der Waals surface area contributed by atoms with E-state index < -0.39 is 5.92 Å². The molecule has 0 aliphatic carbocycles. The van der Waals surface area contributed by atoms with Crippen LogP contribution < -0.4 is 10.2 Å². The van der Waals surface area contributed by atoms with E-state index in [1.54, 1.807) is 29.2 Å². The van der Waals surface area contributed by atoms with Gasteiger partial charge < -0.3 is 10.2 Å². The number of nitrogens with one attached hydrogen (secondary N) is 1. The Balaban J connectivity index is 1.63. The van der Waals surface area contributed by atoms with Crippen molar-refractivity contribution >= 4 is 45.0 Å². The van der Waals surface area contributed by atoms with Gasteiger partial charge in [0.15, 0.2) is 0 Å². The second-order valence-corrected chi connectivity index (χ2v) is 6.91. The van der Waals surface area contributed by atoms with Crippen LogP contribution in [0.2, 0.25) is 5.02 Å². The van der Waals surface area contributed by atoms with Crippen LogP contribution in [0.25, 0.3) is 0 Å². The number of amides is 2. The van der Waals surface area contributed by atoms with Gasteiger partial charge in [0.2, 0.25) is 11.8 Å². The van der Waals surface area contributed by atoms with Crippen LogP contribution >= 0.6 is 27.5 Å². The van der Waals surface area contributed by atoms with Crippen LogP contribution in [0.5, 0.6) is 0 Å². The van der Waals surface area contributed by atoms with Crippen molar-refractivity contribution in [2.24, 2.45) is 5.92 Å². The molecule has 24 heavy (non-hydrogen) atoms. The van der Waals surface area contributed by atoms with Gasteiger partial charge >= 0.3 is 0 Å². The number of benzene rings is 2. The van der Waals surface area contributed by atoms with Crippen LogP contribution in [-0.4, -0.2) is 18.4 Å². The lowest BCUT2D eigenvalue weighted by atomic mass is 10.1. The average molecular weight is 408 g/mol. The van der Waals surface area contributed by atoms with Crippen molar-refractivity contribution in [1.82, 2.24) is 5.32 Å². The first kappa shape index (κ1) is 17.0. The molecule has 0 bridgehead atoms. The quantitative estimate of drug-likeness (QED) is 0.784. The molecule has 1 aliphatic heterocycles. The molecule has 0 radical (unpaired) electrons. The lowest BCUT2D eigenvalue weighted by molar-refractivity contribution is -0.132. The highest BCUT2D eigenvalue weighted by Crippen LogP contribution is 2.26. The molecule has 4 nitrogen and oxygen atoms in total. The number of rotatable bonds is 4. The molecule has 1 aliphatic rings. The van der Waals surface area contributed by atoms with Crippen LogP contribution in [0.4, 0.5) is 5.69 Å². The van der Waals surface area contributed by atoms with Gasteiger partial charge in [-0.3, -0.25) is 9.59 Å². The third kappa shape index (κ3) is 3.62. The summed E-state index contributed by atoms with van der Waals surface area (Å²) in [5.74, 6) is -1.03. The molecule has 6 heteroatoms. The molecule has 124 valence electrons. The maximum absolute atomic E-state index is 12.5. The van der Waals surface area contributed by atoms with Crippen molar-refractivity contribution in [3.8, 4) is 0 Å². The molecule has 1 atom stereocenters. The molecule has 1 N–H and O–H groups in total. The van der Waals surface area contributed by atoms with E-state index in [0.29, 0.717) is 24.5 Å². The van der Waals surface area contributed by atoms with Crippen molar-refractivity contribution in [2.75, 3.05) is 11.4 Å². The van der Waals surface area contributed by atoms with Crippen LogP contribution in [0, 0.1) is 5.92 Å². The first-order chi connectivity index (χ1) is 11.6. The normalized spacial score (nSPS) is 17.2. The Morgan fingerprint density at radius 3 is 2.62 bits per heavy atom. The van der Waals surface area contributed by atoms with Gasteiger partial charge in [0, 0.05) is 28.3 Å². The molecule has 2 aromatic carbocycles. The molecule has 0 saturated carbocycles. The molecule has 1 fully saturated rings. The van der Waals surface area contributed by atoms with E-state index in [-0.39, 0.29) is 11.8 Å². The molecule has 2 amide bonds. The Morgan fingerprint density at radius 1 is 1.21 bits per heavy atom. The van der Waals surface area contributed by atoms with Crippen molar-refractivity contribution in [1.29, 1.82) is 0 Å². The summed E-state index contributed by atoms with van der Waals surface area (Å²) in [5.41, 5.74) is 1.75. The van der Waals surface area contributed by atoms with E-state index in [2.05, 4.69) is 21.2 Å². The van der Waals surface area contributed by atoms with E-state index in [4.69, 9.17) is 11.6 Å². The third-order valence-electron chi connectivity index (χ3n) is 4.07. The topological polar surface area (TPSA) is 49.4 Å². The van der Waals surface area contributed by atoms with E-state index >= 15 is 0 Å². The maximum atomic E-state index is 12.5. The first-order valence-corrected chi connectivity index (χ1v) is 8.81. The largest absolute Gasteiger partial charge is 0.351 e. The summed E-state index contributed by atoms with van der Waals surface area (Å²) in [4.78, 5) is 26.5. The summed E-state index contributed by atoms with van der Waals surface area (Å²) in [6.45, 7) is 0.929. The van der Waals surface area contributed by atoms with E-state index in [0.717, 1.165) is 15.7 Å². The number of nitrogens with zero attached hydrogens (tertiary/aromatic N) is 1. The Hall–Kier alpha value is -1.85. The van der Waals surface area contributed by atoms with E-state index in [1.807, 2.05) is 24.3 Å². The number of carbonyl (C=O) groups excluding carboxylic acids is 2. The monoisotopic (exact) mass is 406 g/mol. The molecule has 0 spiro atoms. The van der Waals surface area contributed by atoms with E-state index in [9.17, 15) is 9.59 Å². The van der Waals surface area contributed by atoms with Crippen molar-refractivity contribution in [3.63, 3.8) is 0 Å². The van der Waals surface area contributed by atoms with Gasteiger partial charge in [-0.1, -0.05) is 45.7 Å². The van der Waals surface area contributed by atoms with Gasteiger partial charge in [0.1, 0.15) is 5.92 Å². The average Bonchev–Trinajstić information content (AvgIpc) is 2.96. The van der Waals surface area contributed by atoms with Crippen molar-refractivity contribution < 1.29 is 9.59 Å². The highest BCUT2D eigenvalue weighted by molar-refractivity contribution is 9.10. The van der Waals surface area contributed by atoms with Gasteiger partial charge in [0.05, 0.1) is 0 Å². The summed E-state index contributed by atoms with van der Waals surface area (Å²) in [6, 6.07) is 14.7. The minimum Gasteiger partial charge on any atom is -0.351 e.